The van der Waals surface area contributed by atoms with E-state index in [9.17, 15) is 9.59 Å². The number of unbranched alkanes of at least 4 members (excludes halogenated alkanes) is 2. The number of rotatable bonds is 9. The average molecular weight is 449 g/mol. The number of hydrogen-bond acceptors (Lipinski definition) is 4. The summed E-state index contributed by atoms with van der Waals surface area (Å²) in [5, 5.41) is 0. The molecule has 2 aromatic rings. The number of hydrogen-bond donors (Lipinski definition) is 0. The van der Waals surface area contributed by atoms with Crippen LogP contribution in [0.1, 0.15) is 75.7 Å². The molecule has 2 aromatic carbocycles. The molecule has 2 atom stereocenters. The molecular formula is C29H36O4. The molecule has 0 unspecified atom stereocenters. The van der Waals surface area contributed by atoms with Crippen LogP contribution in [0.4, 0.5) is 0 Å². The van der Waals surface area contributed by atoms with Gasteiger partial charge in [-0.15, -0.1) is 0 Å². The van der Waals surface area contributed by atoms with Crippen LogP contribution >= 0.6 is 0 Å². The lowest BCUT2D eigenvalue weighted by Crippen LogP contribution is -2.30. The Bertz CT molecular complexity index is 954. The molecule has 4 heteroatoms. The van der Waals surface area contributed by atoms with Crippen LogP contribution in [0.25, 0.3) is 6.08 Å². The predicted octanol–water partition coefficient (Wildman–Crippen LogP) is 7.13. The highest BCUT2D eigenvalue weighted by atomic mass is 16.5. The SMILES string of the molecule is CCCCCOc1ccc(OC(=O)c2ccc(/C=C3/C(=O)[C@@H](C(C)C)CC[C@H]3C)cc2)cc1. The van der Waals surface area contributed by atoms with Crippen LogP contribution in [0, 0.1) is 17.8 Å². The minimum absolute atomic E-state index is 0.106. The minimum Gasteiger partial charge on any atom is -0.494 e. The van der Waals surface area contributed by atoms with Crippen LogP contribution in [0.3, 0.4) is 0 Å². The molecule has 0 N–H and O–H groups in total. The molecule has 0 spiro atoms. The second kappa shape index (κ2) is 11.8. The van der Waals surface area contributed by atoms with Crippen molar-refractivity contribution in [2.24, 2.45) is 17.8 Å². The highest BCUT2D eigenvalue weighted by molar-refractivity contribution is 6.02. The third kappa shape index (κ3) is 6.80. The Morgan fingerprint density at radius 3 is 2.30 bits per heavy atom. The number of allylic oxidation sites excluding steroid dienone is 1. The van der Waals surface area contributed by atoms with Gasteiger partial charge in [-0.1, -0.05) is 52.7 Å². The van der Waals surface area contributed by atoms with Gasteiger partial charge in [0.25, 0.3) is 0 Å². The Balaban J connectivity index is 1.61. The Morgan fingerprint density at radius 1 is 1.00 bits per heavy atom. The van der Waals surface area contributed by atoms with Gasteiger partial charge in [-0.05, 0) is 84.7 Å². The van der Waals surface area contributed by atoms with Gasteiger partial charge in [-0.25, -0.2) is 4.79 Å². The third-order valence-corrected chi connectivity index (χ3v) is 6.39. The number of carbonyl (C=O) groups excluding carboxylic acids is 2. The van der Waals surface area contributed by atoms with E-state index in [4.69, 9.17) is 9.47 Å². The number of esters is 1. The van der Waals surface area contributed by atoms with Crippen molar-refractivity contribution in [2.45, 2.75) is 59.8 Å². The fraction of sp³-hybridized carbons (Fsp3) is 0.448. The number of ketones is 1. The lowest BCUT2D eigenvalue weighted by Gasteiger charge is -2.30. The smallest absolute Gasteiger partial charge is 0.343 e. The highest BCUT2D eigenvalue weighted by Crippen LogP contribution is 2.35. The van der Waals surface area contributed by atoms with Crippen molar-refractivity contribution in [3.63, 3.8) is 0 Å². The van der Waals surface area contributed by atoms with Crippen LogP contribution in [0.5, 0.6) is 11.5 Å². The van der Waals surface area contributed by atoms with Gasteiger partial charge in [-0.2, -0.15) is 0 Å². The zero-order valence-corrected chi connectivity index (χ0v) is 20.3. The van der Waals surface area contributed by atoms with Crippen LogP contribution in [-0.4, -0.2) is 18.4 Å². The van der Waals surface area contributed by atoms with E-state index < -0.39 is 5.97 Å². The molecule has 0 bridgehead atoms. The molecular weight excluding hydrogens is 412 g/mol. The molecule has 0 aromatic heterocycles. The maximum Gasteiger partial charge on any atom is 0.343 e. The largest absolute Gasteiger partial charge is 0.494 e. The molecule has 1 aliphatic carbocycles. The molecule has 1 saturated carbocycles. The van der Waals surface area contributed by atoms with Gasteiger partial charge >= 0.3 is 5.97 Å². The molecule has 0 saturated heterocycles. The van der Waals surface area contributed by atoms with Crippen LogP contribution in [0.2, 0.25) is 0 Å². The van der Waals surface area contributed by atoms with Crippen molar-refractivity contribution in [3.05, 3.63) is 65.2 Å². The number of benzene rings is 2. The summed E-state index contributed by atoms with van der Waals surface area (Å²) in [7, 11) is 0. The Labute approximate surface area is 198 Å². The van der Waals surface area contributed by atoms with E-state index in [1.165, 1.54) is 0 Å². The van der Waals surface area contributed by atoms with Gasteiger partial charge in [0.1, 0.15) is 11.5 Å². The molecule has 0 amide bonds. The van der Waals surface area contributed by atoms with Crippen molar-refractivity contribution in [3.8, 4) is 11.5 Å². The summed E-state index contributed by atoms with van der Waals surface area (Å²) < 4.78 is 11.2. The Morgan fingerprint density at radius 2 is 1.67 bits per heavy atom. The second-order valence-corrected chi connectivity index (χ2v) is 9.33. The van der Waals surface area contributed by atoms with E-state index >= 15 is 0 Å². The van der Waals surface area contributed by atoms with Gasteiger partial charge in [-0.3, -0.25) is 4.79 Å². The summed E-state index contributed by atoms with van der Waals surface area (Å²) in [5.74, 6) is 1.83. The first kappa shape index (κ1) is 24.8. The van der Waals surface area contributed by atoms with Crippen molar-refractivity contribution in [2.75, 3.05) is 6.61 Å². The van der Waals surface area contributed by atoms with E-state index in [1.54, 1.807) is 24.3 Å². The molecule has 1 aliphatic rings. The summed E-state index contributed by atoms with van der Waals surface area (Å²) >= 11 is 0. The summed E-state index contributed by atoms with van der Waals surface area (Å²) in [6.07, 6.45) is 7.33. The molecule has 0 heterocycles. The van der Waals surface area contributed by atoms with Gasteiger partial charge in [0.2, 0.25) is 0 Å². The van der Waals surface area contributed by atoms with E-state index in [0.717, 1.165) is 49.0 Å². The van der Waals surface area contributed by atoms with E-state index in [0.29, 0.717) is 23.8 Å². The summed E-state index contributed by atoms with van der Waals surface area (Å²) in [4.78, 5) is 25.5. The van der Waals surface area contributed by atoms with E-state index in [1.807, 2.05) is 30.3 Å². The van der Waals surface area contributed by atoms with Gasteiger partial charge < -0.3 is 9.47 Å². The molecule has 4 nitrogen and oxygen atoms in total. The minimum atomic E-state index is -0.409. The van der Waals surface area contributed by atoms with Crippen molar-refractivity contribution in [1.29, 1.82) is 0 Å². The molecule has 1 fully saturated rings. The quantitative estimate of drug-likeness (QED) is 0.177. The standard InChI is InChI=1S/C29H36O4/c1-5-6-7-18-32-24-13-15-25(16-14-24)33-29(31)23-11-9-22(10-12-23)19-27-21(4)8-17-26(20(2)3)28(27)30/h9-16,19-21,26H,5-8,17-18H2,1-4H3/b27-19+/t21-,26-/m1/s1. The number of Topliss-reactive ketones (excluding diaryl/α,β-unsaturated/α-hetero) is 1. The van der Waals surface area contributed by atoms with E-state index in [2.05, 4.69) is 27.7 Å². The number of carbonyl (C=O) groups is 2. The maximum atomic E-state index is 12.9. The zero-order valence-electron chi connectivity index (χ0n) is 20.3. The Kier molecular flexibility index (Phi) is 8.87. The first-order chi connectivity index (χ1) is 15.9. The molecule has 3 rings (SSSR count). The van der Waals surface area contributed by atoms with Crippen LogP contribution in [0.15, 0.2) is 54.1 Å². The van der Waals surface area contributed by atoms with Crippen molar-refractivity contribution in [1.82, 2.24) is 0 Å². The second-order valence-electron chi connectivity index (χ2n) is 9.33. The monoisotopic (exact) mass is 448 g/mol. The average Bonchev–Trinajstić information content (AvgIpc) is 2.80. The summed E-state index contributed by atoms with van der Waals surface area (Å²) in [6.45, 7) is 9.20. The molecule has 0 radical (unpaired) electrons. The Hall–Kier alpha value is -2.88. The fourth-order valence-corrected chi connectivity index (χ4v) is 4.23. The lowest BCUT2D eigenvalue weighted by molar-refractivity contribution is -0.122. The fourth-order valence-electron chi connectivity index (χ4n) is 4.23. The predicted molar refractivity (Wildman–Crippen MR) is 133 cm³/mol. The highest BCUT2D eigenvalue weighted by Gasteiger charge is 2.32. The lowest BCUT2D eigenvalue weighted by atomic mass is 9.73. The van der Waals surface area contributed by atoms with Gasteiger partial charge in [0.05, 0.1) is 12.2 Å². The van der Waals surface area contributed by atoms with E-state index in [-0.39, 0.29) is 17.6 Å². The normalized spacial score (nSPS) is 19.7. The molecule has 33 heavy (non-hydrogen) atoms. The molecule has 176 valence electrons. The zero-order chi connectivity index (χ0) is 23.8. The third-order valence-electron chi connectivity index (χ3n) is 6.39. The summed E-state index contributed by atoms with van der Waals surface area (Å²) in [6, 6.07) is 14.4. The first-order valence-corrected chi connectivity index (χ1v) is 12.2. The van der Waals surface area contributed by atoms with Gasteiger partial charge in [0.15, 0.2) is 5.78 Å². The molecule has 0 aliphatic heterocycles. The van der Waals surface area contributed by atoms with Gasteiger partial charge in [0, 0.05) is 5.92 Å². The van der Waals surface area contributed by atoms with Crippen molar-refractivity contribution < 1.29 is 19.1 Å². The van der Waals surface area contributed by atoms with Crippen molar-refractivity contribution >= 4 is 17.8 Å². The maximum absolute atomic E-state index is 12.9. The topological polar surface area (TPSA) is 52.6 Å². The first-order valence-electron chi connectivity index (χ1n) is 12.2. The van der Waals surface area contributed by atoms with Crippen LogP contribution < -0.4 is 9.47 Å². The summed E-state index contributed by atoms with van der Waals surface area (Å²) in [5.41, 5.74) is 2.29. The van der Waals surface area contributed by atoms with Crippen LogP contribution in [-0.2, 0) is 4.79 Å². The number of ether oxygens (including phenoxy) is 2.